The van der Waals surface area contributed by atoms with E-state index < -0.39 is 5.41 Å². The predicted octanol–water partition coefficient (Wildman–Crippen LogP) is 4.65. The normalized spacial score (nSPS) is 18.2. The Morgan fingerprint density at radius 1 is 0.966 bits per heavy atom. The monoisotopic (exact) mass is 384 g/mol. The third-order valence-electron chi connectivity index (χ3n) is 6.41. The molecule has 1 atom stereocenters. The van der Waals surface area contributed by atoms with Gasteiger partial charge in [0.15, 0.2) is 5.82 Å². The molecule has 0 bridgehead atoms. The molecule has 0 saturated heterocycles. The maximum absolute atomic E-state index is 13.8. The number of aromatic nitrogens is 2. The van der Waals surface area contributed by atoms with E-state index in [1.165, 1.54) is 0 Å². The maximum atomic E-state index is 13.8. The summed E-state index contributed by atoms with van der Waals surface area (Å²) in [4.78, 5) is 25.2. The van der Waals surface area contributed by atoms with E-state index in [9.17, 15) is 4.79 Å². The quantitative estimate of drug-likeness (QED) is 0.714. The summed E-state index contributed by atoms with van der Waals surface area (Å²) in [5, 5.41) is 0. The van der Waals surface area contributed by atoms with Crippen LogP contribution in [0.4, 0.5) is 11.6 Å². The molecule has 1 aromatic heterocycles. The van der Waals surface area contributed by atoms with Gasteiger partial charge in [0, 0.05) is 5.56 Å². The van der Waals surface area contributed by atoms with Gasteiger partial charge in [0.25, 0.3) is 0 Å². The molecule has 1 aliphatic carbocycles. The Balaban J connectivity index is 1.71. The summed E-state index contributed by atoms with van der Waals surface area (Å²) in [5.41, 5.74) is 8.74. The van der Waals surface area contributed by atoms with Gasteiger partial charge in [-0.1, -0.05) is 73.5 Å². The fourth-order valence-corrected chi connectivity index (χ4v) is 4.93. The van der Waals surface area contributed by atoms with Gasteiger partial charge in [-0.15, -0.1) is 0 Å². The largest absolute Gasteiger partial charge is 0.383 e. The Labute approximate surface area is 170 Å². The van der Waals surface area contributed by atoms with Crippen LogP contribution in [0.1, 0.15) is 49.8 Å². The molecule has 2 aromatic carbocycles. The van der Waals surface area contributed by atoms with E-state index in [4.69, 9.17) is 10.7 Å². The average molecular weight is 384 g/mol. The second-order valence-corrected chi connectivity index (χ2v) is 8.05. The molecule has 1 amide bonds. The van der Waals surface area contributed by atoms with Crippen molar-refractivity contribution in [2.45, 2.75) is 44.1 Å². The van der Waals surface area contributed by atoms with E-state index in [-0.39, 0.29) is 11.9 Å². The summed E-state index contributed by atoms with van der Waals surface area (Å²) in [6.07, 6.45) is 3.68. The Bertz CT molecular complexity index is 1060. The summed E-state index contributed by atoms with van der Waals surface area (Å²) in [7, 11) is 0. The van der Waals surface area contributed by atoms with Gasteiger partial charge in [-0.3, -0.25) is 9.69 Å². The first-order valence-electron chi connectivity index (χ1n) is 10.2. The molecule has 1 saturated carbocycles. The van der Waals surface area contributed by atoms with Crippen LogP contribution < -0.4 is 10.6 Å². The first kappa shape index (κ1) is 17.9. The molecule has 5 nitrogen and oxygen atoms in total. The van der Waals surface area contributed by atoms with Gasteiger partial charge >= 0.3 is 0 Å². The lowest BCUT2D eigenvalue weighted by Gasteiger charge is -2.27. The van der Waals surface area contributed by atoms with Crippen LogP contribution >= 0.6 is 0 Å². The third-order valence-corrected chi connectivity index (χ3v) is 6.41. The van der Waals surface area contributed by atoms with Crippen molar-refractivity contribution in [1.29, 1.82) is 0 Å². The average Bonchev–Trinajstić information content (AvgIpc) is 3.33. The molecule has 0 unspecified atom stereocenters. The van der Waals surface area contributed by atoms with Crippen molar-refractivity contribution < 1.29 is 4.79 Å². The summed E-state index contributed by atoms with van der Waals surface area (Å²) in [5.74, 6) is 1.80. The molecule has 2 heterocycles. The van der Waals surface area contributed by atoms with Gasteiger partial charge in [0.1, 0.15) is 11.6 Å². The fraction of sp³-hybridized carbons (Fsp3) is 0.292. The number of nitrogens with two attached hydrogens (primary N) is 1. The summed E-state index contributed by atoms with van der Waals surface area (Å²) in [6.45, 7) is 2.06. The van der Waals surface area contributed by atoms with Gasteiger partial charge in [0.05, 0.1) is 17.0 Å². The molecular weight excluding hydrogens is 360 g/mol. The Hall–Kier alpha value is -3.21. The van der Waals surface area contributed by atoms with E-state index in [0.717, 1.165) is 42.4 Å². The van der Waals surface area contributed by atoms with Crippen LogP contribution in [-0.4, -0.2) is 15.9 Å². The number of anilines is 2. The first-order chi connectivity index (χ1) is 14.1. The van der Waals surface area contributed by atoms with Gasteiger partial charge in [0.2, 0.25) is 5.91 Å². The molecule has 2 aliphatic rings. The van der Waals surface area contributed by atoms with Gasteiger partial charge in [-0.05, 0) is 25.3 Å². The lowest BCUT2D eigenvalue weighted by Crippen LogP contribution is -2.40. The van der Waals surface area contributed by atoms with E-state index in [1.807, 2.05) is 53.4 Å². The Kier molecular flexibility index (Phi) is 4.12. The molecule has 5 rings (SSSR count). The molecule has 3 aromatic rings. The standard InChI is InChI=1S/C24H24N4O/c1-16(17-10-4-2-5-11-17)28-22-19(24(23(28)29)14-8-9-15-24)20(25)26-21(27-22)18-12-6-3-7-13-18/h2-7,10-13,16H,8-9,14-15H2,1H3,(H2,25,26,27)/t16-/m1/s1. The molecule has 5 heteroatoms. The van der Waals surface area contributed by atoms with Crippen molar-refractivity contribution in [3.63, 3.8) is 0 Å². The van der Waals surface area contributed by atoms with Crippen molar-refractivity contribution in [3.05, 3.63) is 71.8 Å². The van der Waals surface area contributed by atoms with Crippen LogP contribution in [0.15, 0.2) is 60.7 Å². The molecule has 1 aliphatic heterocycles. The number of nitrogen functional groups attached to an aromatic ring is 1. The zero-order valence-corrected chi connectivity index (χ0v) is 16.5. The molecular formula is C24H24N4O. The van der Waals surface area contributed by atoms with Crippen LogP contribution in [0, 0.1) is 0 Å². The van der Waals surface area contributed by atoms with Gasteiger partial charge in [-0.25, -0.2) is 9.97 Å². The van der Waals surface area contributed by atoms with E-state index in [2.05, 4.69) is 24.0 Å². The highest BCUT2D eigenvalue weighted by molar-refractivity contribution is 6.09. The van der Waals surface area contributed by atoms with Crippen LogP contribution in [0.25, 0.3) is 11.4 Å². The second kappa shape index (κ2) is 6.69. The van der Waals surface area contributed by atoms with Crippen molar-refractivity contribution in [3.8, 4) is 11.4 Å². The minimum absolute atomic E-state index is 0.118. The highest BCUT2D eigenvalue weighted by Crippen LogP contribution is 2.54. The highest BCUT2D eigenvalue weighted by atomic mass is 16.2. The molecule has 29 heavy (non-hydrogen) atoms. The zero-order chi connectivity index (χ0) is 20.0. The number of amides is 1. The summed E-state index contributed by atoms with van der Waals surface area (Å²) < 4.78 is 0. The molecule has 1 spiro atoms. The topological polar surface area (TPSA) is 72.1 Å². The predicted molar refractivity (Wildman–Crippen MR) is 114 cm³/mol. The second-order valence-electron chi connectivity index (χ2n) is 8.05. The fourth-order valence-electron chi connectivity index (χ4n) is 4.93. The Morgan fingerprint density at radius 3 is 2.24 bits per heavy atom. The summed E-state index contributed by atoms with van der Waals surface area (Å²) in [6, 6.07) is 19.8. The van der Waals surface area contributed by atoms with Gasteiger partial charge < -0.3 is 5.73 Å². The van der Waals surface area contributed by atoms with Crippen LogP contribution in [0.3, 0.4) is 0 Å². The Morgan fingerprint density at radius 2 is 1.59 bits per heavy atom. The van der Waals surface area contributed by atoms with Crippen LogP contribution in [0.5, 0.6) is 0 Å². The number of fused-ring (bicyclic) bond motifs is 2. The highest BCUT2D eigenvalue weighted by Gasteiger charge is 2.55. The smallest absolute Gasteiger partial charge is 0.239 e. The zero-order valence-electron chi connectivity index (χ0n) is 16.5. The van der Waals surface area contributed by atoms with Crippen molar-refractivity contribution in [1.82, 2.24) is 9.97 Å². The third kappa shape index (κ3) is 2.64. The van der Waals surface area contributed by atoms with Crippen LogP contribution in [-0.2, 0) is 10.2 Å². The molecule has 2 N–H and O–H groups in total. The number of rotatable bonds is 3. The number of nitrogens with zero attached hydrogens (tertiary/aromatic N) is 3. The minimum Gasteiger partial charge on any atom is -0.383 e. The van der Waals surface area contributed by atoms with Crippen molar-refractivity contribution in [2.75, 3.05) is 10.6 Å². The SMILES string of the molecule is C[C@H](c1ccccc1)N1C(=O)C2(CCCC2)c2c(N)nc(-c3ccccc3)nc21. The van der Waals surface area contributed by atoms with E-state index in [1.54, 1.807) is 0 Å². The number of carbonyl (C=O) groups is 1. The van der Waals surface area contributed by atoms with Gasteiger partial charge in [-0.2, -0.15) is 0 Å². The summed E-state index contributed by atoms with van der Waals surface area (Å²) >= 11 is 0. The van der Waals surface area contributed by atoms with Crippen LogP contribution in [0.2, 0.25) is 0 Å². The lowest BCUT2D eigenvalue weighted by atomic mass is 9.80. The van der Waals surface area contributed by atoms with Crippen molar-refractivity contribution in [2.24, 2.45) is 0 Å². The lowest BCUT2D eigenvalue weighted by molar-refractivity contribution is -0.123. The number of hydrogen-bond acceptors (Lipinski definition) is 4. The van der Waals surface area contributed by atoms with E-state index >= 15 is 0 Å². The molecule has 0 radical (unpaired) electrons. The minimum atomic E-state index is -0.572. The number of benzene rings is 2. The molecule has 146 valence electrons. The molecule has 1 fully saturated rings. The van der Waals surface area contributed by atoms with E-state index in [0.29, 0.717) is 17.5 Å². The number of hydrogen-bond donors (Lipinski definition) is 1. The number of carbonyl (C=O) groups excluding carboxylic acids is 1. The first-order valence-corrected chi connectivity index (χ1v) is 10.2. The van der Waals surface area contributed by atoms with Crippen molar-refractivity contribution >= 4 is 17.5 Å². The maximum Gasteiger partial charge on any atom is 0.239 e.